The number of likely N-dealkylation sites (N-methyl/N-ethyl adjacent to an activating group) is 1. The van der Waals surface area contributed by atoms with E-state index in [-0.39, 0.29) is 24.7 Å². The van der Waals surface area contributed by atoms with Crippen LogP contribution in [0, 0.1) is 0 Å². The summed E-state index contributed by atoms with van der Waals surface area (Å²) in [6.45, 7) is 8.61. The zero-order chi connectivity index (χ0) is 45.5. The van der Waals surface area contributed by atoms with Gasteiger partial charge in [-0.2, -0.15) is 4.98 Å². The van der Waals surface area contributed by atoms with Crippen LogP contribution in [0.3, 0.4) is 0 Å². The zero-order valence-corrected chi connectivity index (χ0v) is 36.9. The first-order chi connectivity index (χ1) is 31.7. The van der Waals surface area contributed by atoms with Gasteiger partial charge in [-0.3, -0.25) is 33.8 Å². The molecule has 0 saturated carbocycles. The fourth-order valence-electron chi connectivity index (χ4n) is 9.32. The van der Waals surface area contributed by atoms with E-state index >= 15 is 0 Å². The van der Waals surface area contributed by atoms with Crippen molar-refractivity contribution in [1.82, 2.24) is 34.9 Å². The van der Waals surface area contributed by atoms with Crippen molar-refractivity contribution in [2.45, 2.75) is 70.4 Å². The third kappa shape index (κ3) is 9.85. The molecule has 0 aliphatic carbocycles. The van der Waals surface area contributed by atoms with E-state index in [4.69, 9.17) is 4.74 Å². The molecule has 3 aromatic carbocycles. The van der Waals surface area contributed by atoms with Crippen LogP contribution < -0.4 is 26.0 Å². The average Bonchev–Trinajstić information content (AvgIpc) is 3.49. The van der Waals surface area contributed by atoms with E-state index in [1.54, 1.807) is 42.6 Å². The predicted molar refractivity (Wildman–Crippen MR) is 245 cm³/mol. The van der Waals surface area contributed by atoms with Gasteiger partial charge in [0.05, 0.1) is 40.9 Å². The fourth-order valence-corrected chi connectivity index (χ4v) is 9.32. The average molecular weight is 885 g/mol. The molecule has 4 N–H and O–H groups in total. The van der Waals surface area contributed by atoms with Crippen molar-refractivity contribution in [3.8, 4) is 5.75 Å². The minimum Gasteiger partial charge on any atom is -0.492 e. The van der Waals surface area contributed by atoms with E-state index < -0.39 is 23.8 Å². The number of hydrogen-bond acceptors (Lipinski definition) is 13. The minimum atomic E-state index is -1.03. The van der Waals surface area contributed by atoms with Crippen molar-refractivity contribution < 1.29 is 33.5 Å². The first-order valence-corrected chi connectivity index (χ1v) is 22.7. The Morgan fingerprint density at radius 1 is 0.892 bits per heavy atom. The topological polar surface area (TPSA) is 199 Å². The Kier molecular flexibility index (Phi) is 14.1. The Morgan fingerprint density at radius 2 is 1.68 bits per heavy atom. The second-order valence-electron chi connectivity index (χ2n) is 16.8. The SMILES string of the molecule is CCOc1cc(C(=O)N2CCC(N3CCN(CCCCCc4cccc5c4C(=O)N(C(CCC=O)C(=O)NC)C5=O)CC3)CC2)ccc1Nc1ncc2c(n1)Nc1ccccc1C(=O)N2. The van der Waals surface area contributed by atoms with Crippen molar-refractivity contribution >= 4 is 64.7 Å². The van der Waals surface area contributed by atoms with Gasteiger partial charge in [-0.1, -0.05) is 30.7 Å². The molecule has 4 aliphatic rings. The number of fused-ring (bicyclic) bond motifs is 3. The van der Waals surface area contributed by atoms with Gasteiger partial charge < -0.3 is 40.6 Å². The Balaban J connectivity index is 0.774. The summed E-state index contributed by atoms with van der Waals surface area (Å²) >= 11 is 0. The van der Waals surface area contributed by atoms with E-state index in [1.165, 1.54) is 7.05 Å². The van der Waals surface area contributed by atoms with Gasteiger partial charge in [-0.25, -0.2) is 4.98 Å². The number of carbonyl (C=O) groups is 6. The number of nitrogens with zero attached hydrogens (tertiary/aromatic N) is 6. The Labute approximate surface area is 378 Å². The molecule has 0 radical (unpaired) electrons. The maximum absolute atomic E-state index is 13.8. The van der Waals surface area contributed by atoms with Gasteiger partial charge in [-0.05, 0) is 94.0 Å². The van der Waals surface area contributed by atoms with Crippen LogP contribution in [-0.2, 0) is 16.0 Å². The number of likely N-dealkylation sites (tertiary alicyclic amines) is 1. The highest BCUT2D eigenvalue weighted by Crippen LogP contribution is 2.34. The lowest BCUT2D eigenvalue weighted by Gasteiger charge is -2.42. The van der Waals surface area contributed by atoms with Gasteiger partial charge >= 0.3 is 0 Å². The van der Waals surface area contributed by atoms with E-state index in [2.05, 4.69) is 41.0 Å². The minimum absolute atomic E-state index is 0.0277. The number of hydrogen-bond donors (Lipinski definition) is 4. The number of nitrogens with one attached hydrogen (secondary N) is 4. The molecule has 5 heterocycles. The highest BCUT2D eigenvalue weighted by atomic mass is 16.5. The summed E-state index contributed by atoms with van der Waals surface area (Å²) in [5, 5.41) is 11.8. The molecule has 8 rings (SSSR count). The van der Waals surface area contributed by atoms with Gasteiger partial charge in [0.15, 0.2) is 5.82 Å². The van der Waals surface area contributed by atoms with Gasteiger partial charge in [0.25, 0.3) is 23.6 Å². The first kappa shape index (κ1) is 44.9. The third-order valence-electron chi connectivity index (χ3n) is 12.8. The second-order valence-corrected chi connectivity index (χ2v) is 16.8. The number of aldehydes is 1. The summed E-state index contributed by atoms with van der Waals surface area (Å²) in [7, 11) is 1.45. The molecule has 0 spiro atoms. The van der Waals surface area contributed by atoms with E-state index in [9.17, 15) is 28.8 Å². The van der Waals surface area contributed by atoms with Crippen LogP contribution in [0.15, 0.2) is 66.9 Å². The molecular formula is C48H56N10O7. The summed E-state index contributed by atoms with van der Waals surface area (Å²) in [6, 6.07) is 17.3. The molecule has 1 unspecified atom stereocenters. The quantitative estimate of drug-likeness (QED) is 0.0610. The number of ether oxygens (including phenoxy) is 1. The molecule has 2 saturated heterocycles. The lowest BCUT2D eigenvalue weighted by molar-refractivity contribution is -0.124. The number of benzene rings is 3. The number of aromatic nitrogens is 2. The molecule has 4 aromatic rings. The zero-order valence-electron chi connectivity index (χ0n) is 36.9. The van der Waals surface area contributed by atoms with Crippen LogP contribution in [-0.4, -0.2) is 137 Å². The molecule has 0 bridgehead atoms. The molecular weight excluding hydrogens is 829 g/mol. The van der Waals surface area contributed by atoms with E-state index in [0.717, 1.165) is 75.3 Å². The smallest absolute Gasteiger partial charge is 0.262 e. The Hall–Kier alpha value is -6.72. The van der Waals surface area contributed by atoms with Crippen LogP contribution in [0.25, 0.3) is 0 Å². The van der Waals surface area contributed by atoms with Gasteiger partial charge in [0.1, 0.15) is 23.8 Å². The van der Waals surface area contributed by atoms with Gasteiger partial charge in [0.2, 0.25) is 11.9 Å². The summed E-state index contributed by atoms with van der Waals surface area (Å²) in [6.07, 6.45) is 7.75. The second kappa shape index (κ2) is 20.4. The van der Waals surface area contributed by atoms with Gasteiger partial charge in [0, 0.05) is 64.3 Å². The molecule has 4 aliphatic heterocycles. The maximum atomic E-state index is 13.8. The van der Waals surface area contributed by atoms with Crippen LogP contribution >= 0.6 is 0 Å². The summed E-state index contributed by atoms with van der Waals surface area (Å²) in [5.41, 5.74) is 4.28. The van der Waals surface area contributed by atoms with Crippen molar-refractivity contribution in [1.29, 1.82) is 0 Å². The number of imide groups is 1. The largest absolute Gasteiger partial charge is 0.492 e. The summed E-state index contributed by atoms with van der Waals surface area (Å²) < 4.78 is 5.98. The van der Waals surface area contributed by atoms with Crippen molar-refractivity contribution in [3.05, 3.63) is 94.7 Å². The van der Waals surface area contributed by atoms with E-state index in [0.29, 0.717) is 95.3 Å². The number of amides is 5. The molecule has 65 heavy (non-hydrogen) atoms. The van der Waals surface area contributed by atoms with Crippen LogP contribution in [0.4, 0.5) is 28.8 Å². The molecule has 1 aromatic heterocycles. The standard InChI is InChI=1S/C48H56N10O7/c1-3-65-40-29-32(17-18-37(40)53-48-50-30-38-42(54-48)51-36-15-7-6-13-34(36)43(60)52-38)45(62)57-22-19-33(20-23-57)56-26-24-55(25-27-56)21-8-4-5-11-31-12-9-14-35-41(31)47(64)58(46(35)63)39(16-10-28-59)44(61)49-2/h6-7,9,12-15,17-18,28-30,33,39H,3-5,8,10-11,16,19-27H2,1-2H3,(H,49,61)(H,52,60)(H2,50,51,53,54). The van der Waals surface area contributed by atoms with Crippen molar-refractivity contribution in [2.24, 2.45) is 0 Å². The molecule has 5 amide bonds. The number of anilines is 5. The Bertz CT molecular complexity index is 2450. The molecule has 17 heteroatoms. The number of piperidine rings is 1. The monoisotopic (exact) mass is 884 g/mol. The molecule has 2 fully saturated rings. The van der Waals surface area contributed by atoms with Crippen LogP contribution in [0.2, 0.25) is 0 Å². The van der Waals surface area contributed by atoms with Crippen molar-refractivity contribution in [3.63, 3.8) is 0 Å². The number of para-hydroxylation sites is 1. The maximum Gasteiger partial charge on any atom is 0.262 e. The van der Waals surface area contributed by atoms with Crippen molar-refractivity contribution in [2.75, 3.05) is 75.4 Å². The number of piperazine rings is 1. The Morgan fingerprint density at radius 3 is 2.45 bits per heavy atom. The molecule has 340 valence electrons. The fraction of sp³-hybridized carbons (Fsp3) is 0.417. The third-order valence-corrected chi connectivity index (χ3v) is 12.8. The van der Waals surface area contributed by atoms with Gasteiger partial charge in [-0.15, -0.1) is 0 Å². The number of carbonyl (C=O) groups excluding carboxylic acids is 6. The summed E-state index contributed by atoms with van der Waals surface area (Å²) in [5.74, 6) is -0.434. The number of aryl methyl sites for hydroxylation is 1. The highest BCUT2D eigenvalue weighted by molar-refractivity contribution is 6.23. The number of rotatable bonds is 17. The highest BCUT2D eigenvalue weighted by Gasteiger charge is 2.43. The normalized spacial score (nSPS) is 17.0. The molecule has 17 nitrogen and oxygen atoms in total. The van der Waals surface area contributed by atoms with Crippen LogP contribution in [0.1, 0.15) is 98.9 Å². The lowest BCUT2D eigenvalue weighted by atomic mass is 9.98. The van der Waals surface area contributed by atoms with Crippen LogP contribution in [0.5, 0.6) is 5.75 Å². The first-order valence-electron chi connectivity index (χ1n) is 22.7. The predicted octanol–water partition coefficient (Wildman–Crippen LogP) is 5.25. The van der Waals surface area contributed by atoms with E-state index in [1.807, 2.05) is 36.1 Å². The molecule has 1 atom stereocenters. The lowest BCUT2D eigenvalue weighted by Crippen LogP contribution is -2.53. The summed E-state index contributed by atoms with van der Waals surface area (Å²) in [4.78, 5) is 94.1. The number of unbranched alkanes of at least 4 members (excludes halogenated alkanes) is 2.